The maximum Gasteiger partial charge on any atom is 0.213 e. The van der Waals surface area contributed by atoms with Crippen molar-refractivity contribution in [3.05, 3.63) is 41.0 Å². The molecule has 0 unspecified atom stereocenters. The predicted molar refractivity (Wildman–Crippen MR) is 57.5 cm³/mol. The summed E-state index contributed by atoms with van der Waals surface area (Å²) in [6.45, 7) is 0. The monoisotopic (exact) mass is 238 g/mol. The summed E-state index contributed by atoms with van der Waals surface area (Å²) in [5, 5.41) is 9.44. The molecule has 16 heavy (non-hydrogen) atoms. The van der Waals surface area contributed by atoms with Gasteiger partial charge in [-0.25, -0.2) is 8.42 Å². The lowest BCUT2D eigenvalue weighted by atomic mass is 10.3. The third-order valence-corrected chi connectivity index (χ3v) is 4.32. The molecule has 1 aromatic rings. The van der Waals surface area contributed by atoms with Crippen molar-refractivity contribution in [3.8, 4) is 0 Å². The number of rotatable bonds is 2. The zero-order chi connectivity index (χ0) is 11.8. The summed E-state index contributed by atoms with van der Waals surface area (Å²) in [6, 6.07) is 7.64. The number of hydrogen-bond donors (Lipinski definition) is 1. The van der Waals surface area contributed by atoms with E-state index < -0.39 is 20.5 Å². The van der Waals surface area contributed by atoms with Crippen molar-refractivity contribution in [1.82, 2.24) is 0 Å². The fraction of sp³-hybridized carbons (Fsp3) is 0.182. The Morgan fingerprint density at radius 1 is 1.06 bits per heavy atom. The third-order valence-electron chi connectivity index (χ3n) is 2.43. The molecule has 0 atom stereocenters. The van der Waals surface area contributed by atoms with Crippen LogP contribution < -0.4 is 0 Å². The highest BCUT2D eigenvalue weighted by Crippen LogP contribution is 2.29. The van der Waals surface area contributed by atoms with E-state index in [1.54, 1.807) is 18.2 Å². The summed E-state index contributed by atoms with van der Waals surface area (Å²) in [6.07, 6.45) is 0.174. The highest BCUT2D eigenvalue weighted by molar-refractivity contribution is 7.96. The van der Waals surface area contributed by atoms with E-state index in [1.807, 2.05) is 0 Å². The van der Waals surface area contributed by atoms with Gasteiger partial charge >= 0.3 is 0 Å². The Hall–Kier alpha value is -1.62. The zero-order valence-corrected chi connectivity index (χ0v) is 9.20. The van der Waals surface area contributed by atoms with Gasteiger partial charge in [-0.15, -0.1) is 0 Å². The fourth-order valence-corrected chi connectivity index (χ4v) is 3.21. The van der Waals surface area contributed by atoms with Gasteiger partial charge in [0.2, 0.25) is 9.84 Å². The molecular formula is C11H10O4S. The van der Waals surface area contributed by atoms with Gasteiger partial charge < -0.3 is 5.11 Å². The van der Waals surface area contributed by atoms with Crippen molar-refractivity contribution in [2.75, 3.05) is 0 Å². The molecule has 0 bridgehead atoms. The van der Waals surface area contributed by atoms with Crippen molar-refractivity contribution < 1.29 is 18.3 Å². The van der Waals surface area contributed by atoms with Crippen LogP contribution in [0.25, 0.3) is 0 Å². The van der Waals surface area contributed by atoms with Gasteiger partial charge in [0.1, 0.15) is 5.76 Å². The summed E-state index contributed by atoms with van der Waals surface area (Å²) in [5.41, 5.74) is 0. The van der Waals surface area contributed by atoms with Crippen molar-refractivity contribution in [2.45, 2.75) is 17.7 Å². The fourth-order valence-electron chi connectivity index (χ4n) is 1.64. The lowest BCUT2D eigenvalue weighted by Gasteiger charge is -2.04. The lowest BCUT2D eigenvalue weighted by molar-refractivity contribution is -0.114. The molecule has 1 aliphatic carbocycles. The number of hydrogen-bond acceptors (Lipinski definition) is 4. The zero-order valence-electron chi connectivity index (χ0n) is 8.38. The van der Waals surface area contributed by atoms with Crippen LogP contribution in [-0.4, -0.2) is 19.3 Å². The lowest BCUT2D eigenvalue weighted by Crippen LogP contribution is -2.11. The van der Waals surface area contributed by atoms with Crippen LogP contribution in [0.5, 0.6) is 0 Å². The molecule has 5 heteroatoms. The van der Waals surface area contributed by atoms with E-state index in [2.05, 4.69) is 0 Å². The van der Waals surface area contributed by atoms with Crippen LogP contribution in [0.15, 0.2) is 45.9 Å². The van der Waals surface area contributed by atoms with Gasteiger partial charge in [-0.1, -0.05) is 18.2 Å². The number of aliphatic hydroxyl groups is 1. The van der Waals surface area contributed by atoms with Crippen LogP contribution in [0, 0.1) is 0 Å². The van der Waals surface area contributed by atoms with E-state index >= 15 is 0 Å². The molecular weight excluding hydrogens is 228 g/mol. The molecule has 2 rings (SSSR count). The Kier molecular flexibility index (Phi) is 2.55. The molecule has 0 amide bonds. The van der Waals surface area contributed by atoms with E-state index in [0.29, 0.717) is 0 Å². The maximum absolute atomic E-state index is 12.0. The van der Waals surface area contributed by atoms with Crippen LogP contribution in [-0.2, 0) is 14.6 Å². The molecule has 1 N–H and O–H groups in total. The average molecular weight is 238 g/mol. The predicted octanol–water partition coefficient (Wildman–Crippen LogP) is 1.59. The molecule has 0 spiro atoms. The molecule has 84 valence electrons. The Morgan fingerprint density at radius 2 is 1.69 bits per heavy atom. The number of Topliss-reactive ketones (excluding diaryl/α,β-unsaturated/α-hetero) is 1. The van der Waals surface area contributed by atoms with Crippen LogP contribution >= 0.6 is 0 Å². The van der Waals surface area contributed by atoms with Gasteiger partial charge in [0.15, 0.2) is 10.7 Å². The largest absolute Gasteiger partial charge is 0.511 e. The van der Waals surface area contributed by atoms with Gasteiger partial charge in [0.05, 0.1) is 4.90 Å². The number of benzene rings is 1. The first-order valence-electron chi connectivity index (χ1n) is 4.79. The minimum absolute atomic E-state index is 0.0341. The maximum atomic E-state index is 12.0. The smallest absolute Gasteiger partial charge is 0.213 e. The van der Waals surface area contributed by atoms with Crippen molar-refractivity contribution in [1.29, 1.82) is 0 Å². The first kappa shape index (κ1) is 10.9. The molecule has 0 saturated heterocycles. The molecule has 0 aliphatic heterocycles. The van der Waals surface area contributed by atoms with Crippen molar-refractivity contribution >= 4 is 15.6 Å². The highest BCUT2D eigenvalue weighted by atomic mass is 32.2. The number of ketones is 1. The SMILES string of the molecule is O=C1CCC(O)=C1S(=O)(=O)c1ccccc1. The summed E-state index contributed by atoms with van der Waals surface area (Å²) < 4.78 is 24.0. The molecule has 4 nitrogen and oxygen atoms in total. The summed E-state index contributed by atoms with van der Waals surface area (Å²) in [5.74, 6) is -0.838. The highest BCUT2D eigenvalue weighted by Gasteiger charge is 2.34. The topological polar surface area (TPSA) is 71.4 Å². The summed E-state index contributed by atoms with van der Waals surface area (Å²) in [4.78, 5) is 11.0. The number of aliphatic hydroxyl groups excluding tert-OH is 1. The molecule has 0 heterocycles. The third kappa shape index (κ3) is 1.63. The normalized spacial score (nSPS) is 16.9. The first-order chi connectivity index (χ1) is 7.53. The Bertz CT molecular complexity index is 555. The van der Waals surface area contributed by atoms with Crippen molar-refractivity contribution in [2.24, 2.45) is 0 Å². The quantitative estimate of drug-likeness (QED) is 0.849. The van der Waals surface area contributed by atoms with Gasteiger partial charge in [0, 0.05) is 12.8 Å². The minimum atomic E-state index is -3.86. The minimum Gasteiger partial charge on any atom is -0.511 e. The molecule has 0 aromatic heterocycles. The second kappa shape index (κ2) is 3.75. The van der Waals surface area contributed by atoms with E-state index in [9.17, 15) is 18.3 Å². The van der Waals surface area contributed by atoms with Gasteiger partial charge in [-0.05, 0) is 12.1 Å². The van der Waals surface area contributed by atoms with E-state index in [4.69, 9.17) is 0 Å². The Morgan fingerprint density at radius 3 is 2.19 bits per heavy atom. The number of carbonyl (C=O) groups excluding carboxylic acids is 1. The van der Waals surface area contributed by atoms with Crippen LogP contribution in [0.2, 0.25) is 0 Å². The molecule has 1 aromatic carbocycles. The van der Waals surface area contributed by atoms with Gasteiger partial charge in [-0.3, -0.25) is 4.79 Å². The summed E-state index contributed by atoms with van der Waals surface area (Å²) >= 11 is 0. The average Bonchev–Trinajstić information content (AvgIpc) is 2.60. The van der Waals surface area contributed by atoms with Crippen LogP contribution in [0.4, 0.5) is 0 Å². The second-order valence-electron chi connectivity index (χ2n) is 3.52. The molecule has 0 radical (unpaired) electrons. The van der Waals surface area contributed by atoms with E-state index in [1.165, 1.54) is 12.1 Å². The standard InChI is InChI=1S/C11H10O4S/c12-9-6-7-10(13)11(9)16(14,15)8-4-2-1-3-5-8/h1-5,12H,6-7H2. The molecule has 0 saturated carbocycles. The first-order valence-corrected chi connectivity index (χ1v) is 6.27. The van der Waals surface area contributed by atoms with Crippen molar-refractivity contribution in [3.63, 3.8) is 0 Å². The van der Waals surface area contributed by atoms with E-state index in [-0.39, 0.29) is 23.5 Å². The number of carbonyl (C=O) groups is 1. The number of allylic oxidation sites excluding steroid dienone is 2. The van der Waals surface area contributed by atoms with Gasteiger partial charge in [-0.2, -0.15) is 0 Å². The van der Waals surface area contributed by atoms with E-state index in [0.717, 1.165) is 0 Å². The Balaban J connectivity index is 2.57. The molecule has 1 aliphatic rings. The number of sulfone groups is 1. The van der Waals surface area contributed by atoms with Crippen LogP contribution in [0.1, 0.15) is 12.8 Å². The summed E-state index contributed by atoms with van der Waals surface area (Å²) in [7, 11) is -3.86. The van der Waals surface area contributed by atoms with Gasteiger partial charge in [0.25, 0.3) is 0 Å². The second-order valence-corrected chi connectivity index (χ2v) is 5.40. The van der Waals surface area contributed by atoms with Crippen LogP contribution in [0.3, 0.4) is 0 Å². The molecule has 0 fully saturated rings. The Labute approximate surface area is 93.1 Å².